The molecule has 0 bridgehead atoms. The molecule has 0 fully saturated rings. The number of aromatic nitrogens is 3. The first kappa shape index (κ1) is 23.0. The minimum atomic E-state index is -0.499. The van der Waals surface area contributed by atoms with Crippen molar-refractivity contribution in [3.8, 4) is 11.7 Å². The highest BCUT2D eigenvalue weighted by atomic mass is 35.5. The summed E-state index contributed by atoms with van der Waals surface area (Å²) >= 11 is 6.28. The van der Waals surface area contributed by atoms with Crippen LogP contribution in [0, 0.1) is 6.92 Å². The zero-order valence-electron chi connectivity index (χ0n) is 18.1. The molecule has 32 heavy (non-hydrogen) atoms. The van der Waals surface area contributed by atoms with Gasteiger partial charge in [0.1, 0.15) is 12.3 Å². The molecule has 0 aliphatic carbocycles. The Morgan fingerprint density at radius 3 is 2.72 bits per heavy atom. The van der Waals surface area contributed by atoms with Gasteiger partial charge in [0, 0.05) is 18.3 Å². The van der Waals surface area contributed by atoms with Crippen LogP contribution in [0.15, 0.2) is 55.3 Å². The van der Waals surface area contributed by atoms with Gasteiger partial charge in [0.2, 0.25) is 5.88 Å². The van der Waals surface area contributed by atoms with Crippen molar-refractivity contribution in [2.24, 2.45) is 0 Å². The number of rotatable bonds is 8. The fourth-order valence-corrected chi connectivity index (χ4v) is 3.17. The summed E-state index contributed by atoms with van der Waals surface area (Å²) in [5, 5.41) is 10.3. The van der Waals surface area contributed by atoms with E-state index < -0.39 is 5.91 Å². The molecular formula is C23H24ClN5O3. The van der Waals surface area contributed by atoms with Gasteiger partial charge in [-0.25, -0.2) is 9.67 Å². The van der Waals surface area contributed by atoms with E-state index in [0.29, 0.717) is 16.3 Å². The van der Waals surface area contributed by atoms with Gasteiger partial charge < -0.3 is 15.4 Å². The summed E-state index contributed by atoms with van der Waals surface area (Å²) in [6.45, 7) is 9.37. The summed E-state index contributed by atoms with van der Waals surface area (Å²) < 4.78 is 6.81. The van der Waals surface area contributed by atoms with Crippen molar-refractivity contribution in [2.75, 3.05) is 11.9 Å². The van der Waals surface area contributed by atoms with Crippen molar-refractivity contribution in [1.82, 2.24) is 20.1 Å². The number of anilines is 1. The maximum absolute atomic E-state index is 13.3. The third-order valence-corrected chi connectivity index (χ3v) is 4.68. The van der Waals surface area contributed by atoms with Gasteiger partial charge in [-0.05, 0) is 44.5 Å². The van der Waals surface area contributed by atoms with E-state index in [0.717, 1.165) is 5.56 Å². The Balaban J connectivity index is 2.02. The minimum Gasteiger partial charge on any atom is -0.472 e. The maximum atomic E-state index is 13.3. The molecule has 0 aliphatic heterocycles. The van der Waals surface area contributed by atoms with Crippen LogP contribution in [0.25, 0.3) is 5.82 Å². The fourth-order valence-electron chi connectivity index (χ4n) is 2.97. The molecule has 0 saturated carbocycles. The topological polar surface area (TPSA) is 98.1 Å². The first-order valence-electron chi connectivity index (χ1n) is 9.98. The SMILES string of the molecule is C=CCOc1cc(C(=O)Nc2c(C)cccc2C(=O)NC(C)C)n(-c2ncccc2Cl)n1. The molecule has 0 unspecified atom stereocenters. The number of amides is 2. The number of pyridine rings is 1. The standard InChI is InChI=1S/C23H24ClN5O3/c1-5-12-32-19-13-18(29(28-19)21-17(24)10-7-11-25-21)23(31)27-20-15(4)8-6-9-16(20)22(30)26-14(2)3/h5-11,13-14H,1,12H2,2-4H3,(H,26,30)(H,27,31). The minimum absolute atomic E-state index is 0.0520. The summed E-state index contributed by atoms with van der Waals surface area (Å²) in [7, 11) is 0. The second-order valence-electron chi connectivity index (χ2n) is 7.27. The lowest BCUT2D eigenvalue weighted by Crippen LogP contribution is -2.31. The van der Waals surface area contributed by atoms with E-state index in [1.807, 2.05) is 26.8 Å². The van der Waals surface area contributed by atoms with Gasteiger partial charge in [0.05, 0.1) is 16.3 Å². The predicted molar refractivity (Wildman–Crippen MR) is 124 cm³/mol. The number of para-hydroxylation sites is 1. The van der Waals surface area contributed by atoms with Gasteiger partial charge in [-0.2, -0.15) is 0 Å². The highest BCUT2D eigenvalue weighted by Gasteiger charge is 2.23. The highest BCUT2D eigenvalue weighted by molar-refractivity contribution is 6.32. The average molecular weight is 454 g/mol. The van der Waals surface area contributed by atoms with Crippen LogP contribution in [0.5, 0.6) is 5.88 Å². The third kappa shape index (κ3) is 5.15. The van der Waals surface area contributed by atoms with Crippen LogP contribution in [0.4, 0.5) is 5.69 Å². The van der Waals surface area contributed by atoms with E-state index >= 15 is 0 Å². The third-order valence-electron chi connectivity index (χ3n) is 4.38. The molecule has 2 amide bonds. The molecule has 2 aromatic heterocycles. The van der Waals surface area contributed by atoms with Gasteiger partial charge in [0.15, 0.2) is 5.82 Å². The van der Waals surface area contributed by atoms with Crippen LogP contribution < -0.4 is 15.4 Å². The Kier molecular flexibility index (Phi) is 7.27. The fraction of sp³-hybridized carbons (Fsp3) is 0.217. The Hall–Kier alpha value is -3.65. The molecule has 1 aromatic carbocycles. The molecule has 2 heterocycles. The molecule has 0 aliphatic rings. The van der Waals surface area contributed by atoms with E-state index in [4.69, 9.17) is 16.3 Å². The molecule has 0 saturated heterocycles. The number of nitrogens with one attached hydrogen (secondary N) is 2. The van der Waals surface area contributed by atoms with Gasteiger partial charge in [-0.3, -0.25) is 9.59 Å². The van der Waals surface area contributed by atoms with Crippen molar-refractivity contribution in [3.63, 3.8) is 0 Å². The first-order chi connectivity index (χ1) is 15.3. The Morgan fingerprint density at radius 1 is 1.25 bits per heavy atom. The van der Waals surface area contributed by atoms with Gasteiger partial charge in [0.25, 0.3) is 11.8 Å². The summed E-state index contributed by atoms with van der Waals surface area (Å²) in [4.78, 5) is 30.2. The van der Waals surface area contributed by atoms with Crippen molar-refractivity contribution >= 4 is 29.1 Å². The number of benzene rings is 1. The largest absolute Gasteiger partial charge is 0.472 e. The summed E-state index contributed by atoms with van der Waals surface area (Å²) in [6.07, 6.45) is 3.12. The number of halogens is 1. The van der Waals surface area contributed by atoms with Crippen molar-refractivity contribution in [1.29, 1.82) is 0 Å². The number of aryl methyl sites for hydroxylation is 1. The molecule has 9 heteroatoms. The van der Waals surface area contributed by atoms with E-state index in [1.165, 1.54) is 10.7 Å². The molecule has 166 valence electrons. The van der Waals surface area contributed by atoms with Crippen molar-refractivity contribution < 1.29 is 14.3 Å². The maximum Gasteiger partial charge on any atom is 0.274 e. The van der Waals surface area contributed by atoms with Crippen LogP contribution in [-0.2, 0) is 0 Å². The second kappa shape index (κ2) is 10.1. The van der Waals surface area contributed by atoms with Crippen LogP contribution >= 0.6 is 11.6 Å². The monoisotopic (exact) mass is 453 g/mol. The first-order valence-corrected chi connectivity index (χ1v) is 10.4. The molecule has 3 rings (SSSR count). The average Bonchev–Trinajstić information content (AvgIpc) is 3.17. The Labute approximate surface area is 191 Å². The number of ether oxygens (including phenoxy) is 1. The quantitative estimate of drug-likeness (QED) is 0.498. The Bertz CT molecular complexity index is 1160. The highest BCUT2D eigenvalue weighted by Crippen LogP contribution is 2.25. The molecule has 8 nitrogen and oxygen atoms in total. The van der Waals surface area contributed by atoms with Gasteiger partial charge in [-0.15, -0.1) is 5.10 Å². The smallest absolute Gasteiger partial charge is 0.274 e. The van der Waals surface area contributed by atoms with E-state index in [1.54, 1.807) is 36.5 Å². The van der Waals surface area contributed by atoms with E-state index in [9.17, 15) is 9.59 Å². The number of carbonyl (C=O) groups is 2. The normalized spacial score (nSPS) is 10.7. The molecule has 3 aromatic rings. The number of carbonyl (C=O) groups excluding carboxylic acids is 2. The lowest BCUT2D eigenvalue weighted by molar-refractivity contribution is 0.0944. The van der Waals surface area contributed by atoms with E-state index in [2.05, 4.69) is 27.3 Å². The van der Waals surface area contributed by atoms with Gasteiger partial charge >= 0.3 is 0 Å². The van der Waals surface area contributed by atoms with E-state index in [-0.39, 0.29) is 35.9 Å². The van der Waals surface area contributed by atoms with Gasteiger partial charge in [-0.1, -0.05) is 36.4 Å². The van der Waals surface area contributed by atoms with Crippen molar-refractivity contribution in [3.05, 3.63) is 77.1 Å². The number of hydrogen-bond acceptors (Lipinski definition) is 5. The summed E-state index contributed by atoms with van der Waals surface area (Å²) in [6, 6.07) is 9.99. The zero-order valence-corrected chi connectivity index (χ0v) is 18.8. The van der Waals surface area contributed by atoms with Crippen LogP contribution in [0.1, 0.15) is 40.3 Å². The number of hydrogen-bond donors (Lipinski definition) is 2. The molecule has 0 spiro atoms. The summed E-state index contributed by atoms with van der Waals surface area (Å²) in [5.41, 5.74) is 1.64. The lowest BCUT2D eigenvalue weighted by atomic mass is 10.1. The van der Waals surface area contributed by atoms with Crippen molar-refractivity contribution in [2.45, 2.75) is 26.8 Å². The summed E-state index contributed by atoms with van der Waals surface area (Å²) in [5.74, 6) is -0.300. The predicted octanol–water partition coefficient (Wildman–Crippen LogP) is 4.18. The Morgan fingerprint density at radius 2 is 2.03 bits per heavy atom. The zero-order chi connectivity index (χ0) is 23.3. The molecular weight excluding hydrogens is 430 g/mol. The number of nitrogens with zero attached hydrogens (tertiary/aromatic N) is 3. The van der Waals surface area contributed by atoms with Crippen LogP contribution in [0.3, 0.4) is 0 Å². The molecule has 2 N–H and O–H groups in total. The molecule has 0 radical (unpaired) electrons. The lowest BCUT2D eigenvalue weighted by Gasteiger charge is -2.15. The van der Waals surface area contributed by atoms with Crippen LogP contribution in [-0.4, -0.2) is 39.2 Å². The second-order valence-corrected chi connectivity index (χ2v) is 7.68. The van der Waals surface area contributed by atoms with Crippen LogP contribution in [0.2, 0.25) is 5.02 Å². The molecule has 0 atom stereocenters.